The van der Waals surface area contributed by atoms with E-state index in [0.29, 0.717) is 6.61 Å². The minimum absolute atomic E-state index is 0.0584. The summed E-state index contributed by atoms with van der Waals surface area (Å²) < 4.78 is 6.10. The maximum absolute atomic E-state index is 6.10. The summed E-state index contributed by atoms with van der Waals surface area (Å²) in [7, 11) is 5.96. The van der Waals surface area contributed by atoms with Gasteiger partial charge in [-0.2, -0.15) is 0 Å². The van der Waals surface area contributed by atoms with Gasteiger partial charge in [-0.15, -0.1) is 0 Å². The molecule has 0 saturated heterocycles. The summed E-state index contributed by atoms with van der Waals surface area (Å²) in [4.78, 5) is 0. The van der Waals surface area contributed by atoms with Crippen LogP contribution in [0.4, 0.5) is 0 Å². The largest absolute Gasteiger partial charge is 0.498 e. The summed E-state index contributed by atoms with van der Waals surface area (Å²) >= 11 is 0. The first-order valence-electron chi connectivity index (χ1n) is 9.73. The zero-order chi connectivity index (χ0) is 20.0. The van der Waals surface area contributed by atoms with Gasteiger partial charge in [-0.1, -0.05) is 84.8 Å². The minimum Gasteiger partial charge on any atom is -0.498 e. The highest BCUT2D eigenvalue weighted by Crippen LogP contribution is 2.51. The normalized spacial score (nSPS) is 14.7. The fourth-order valence-corrected chi connectivity index (χ4v) is 3.31. The van der Waals surface area contributed by atoms with Crippen LogP contribution in [0.1, 0.15) is 66.9 Å². The van der Waals surface area contributed by atoms with Crippen molar-refractivity contribution < 1.29 is 4.74 Å². The Kier molecular flexibility index (Phi) is 8.01. The van der Waals surface area contributed by atoms with Crippen molar-refractivity contribution in [2.24, 2.45) is 16.2 Å². The molecular weight excluding hydrogens is 317 g/mol. The second-order valence-corrected chi connectivity index (χ2v) is 9.82. The lowest BCUT2D eigenvalue weighted by Gasteiger charge is -2.46. The SMILES string of the molecule is [B]c1ccccc1CNCCCOC(=C)C(C)(CC(C)(C)C)C(C)(C)C. The van der Waals surface area contributed by atoms with Gasteiger partial charge in [0.25, 0.3) is 0 Å². The van der Waals surface area contributed by atoms with Gasteiger partial charge in [0.15, 0.2) is 0 Å². The highest BCUT2D eigenvalue weighted by Gasteiger charge is 2.43. The van der Waals surface area contributed by atoms with Gasteiger partial charge in [-0.05, 0) is 35.8 Å². The molecule has 1 unspecified atom stereocenters. The van der Waals surface area contributed by atoms with E-state index in [0.717, 1.165) is 42.7 Å². The van der Waals surface area contributed by atoms with Crippen LogP contribution in [0.5, 0.6) is 0 Å². The molecule has 0 bridgehead atoms. The lowest BCUT2D eigenvalue weighted by atomic mass is 9.60. The molecule has 1 N–H and O–H groups in total. The standard InChI is InChI=1S/C23H38BNO/c1-18(23(8,22(5,6)7)17-21(2,3)4)26-15-11-14-25-16-19-12-9-10-13-20(19)24/h9-10,12-13,25H,1,11,14-17H2,2-8H3. The highest BCUT2D eigenvalue weighted by molar-refractivity contribution is 6.33. The van der Waals surface area contributed by atoms with Crippen molar-refractivity contribution in [2.75, 3.05) is 13.2 Å². The predicted octanol–water partition coefficient (Wildman–Crippen LogP) is 4.98. The Balaban J connectivity index is 2.45. The number of hydrogen-bond donors (Lipinski definition) is 1. The first-order chi connectivity index (χ1) is 11.9. The summed E-state index contributed by atoms with van der Waals surface area (Å²) in [5, 5.41) is 3.43. The topological polar surface area (TPSA) is 21.3 Å². The maximum Gasteiger partial charge on any atom is 0.114 e. The smallest absolute Gasteiger partial charge is 0.114 e. The Labute approximate surface area is 163 Å². The van der Waals surface area contributed by atoms with Gasteiger partial charge in [0.1, 0.15) is 7.85 Å². The van der Waals surface area contributed by atoms with Crippen molar-refractivity contribution in [1.29, 1.82) is 0 Å². The van der Waals surface area contributed by atoms with E-state index < -0.39 is 0 Å². The van der Waals surface area contributed by atoms with Crippen LogP contribution in [0.15, 0.2) is 36.6 Å². The Hall–Kier alpha value is -1.22. The molecule has 2 radical (unpaired) electrons. The van der Waals surface area contributed by atoms with E-state index in [2.05, 4.69) is 66.4 Å². The number of nitrogens with one attached hydrogen (secondary N) is 1. The monoisotopic (exact) mass is 355 g/mol. The van der Waals surface area contributed by atoms with Crippen molar-refractivity contribution in [2.45, 2.75) is 67.9 Å². The average Bonchev–Trinajstić information content (AvgIpc) is 2.49. The molecule has 0 saturated carbocycles. The number of ether oxygens (including phenoxy) is 1. The summed E-state index contributed by atoms with van der Waals surface area (Å²) in [5.74, 6) is 0.909. The first kappa shape index (κ1) is 22.8. The van der Waals surface area contributed by atoms with Crippen LogP contribution in [0.25, 0.3) is 0 Å². The van der Waals surface area contributed by atoms with Gasteiger partial charge in [-0.3, -0.25) is 0 Å². The molecule has 0 fully saturated rings. The van der Waals surface area contributed by atoms with Crippen LogP contribution >= 0.6 is 0 Å². The Bertz CT molecular complexity index is 583. The van der Waals surface area contributed by atoms with Gasteiger partial charge in [0, 0.05) is 12.0 Å². The van der Waals surface area contributed by atoms with Crippen LogP contribution in [0.2, 0.25) is 0 Å². The molecule has 0 amide bonds. The van der Waals surface area contributed by atoms with E-state index in [9.17, 15) is 0 Å². The molecule has 0 heterocycles. The van der Waals surface area contributed by atoms with Crippen LogP contribution in [-0.2, 0) is 11.3 Å². The van der Waals surface area contributed by atoms with E-state index in [-0.39, 0.29) is 16.2 Å². The lowest BCUT2D eigenvalue weighted by Crippen LogP contribution is -2.39. The third kappa shape index (κ3) is 6.83. The van der Waals surface area contributed by atoms with Gasteiger partial charge < -0.3 is 10.1 Å². The minimum atomic E-state index is -0.0584. The predicted molar refractivity (Wildman–Crippen MR) is 115 cm³/mol. The van der Waals surface area contributed by atoms with Crippen molar-refractivity contribution in [3.05, 3.63) is 42.2 Å². The van der Waals surface area contributed by atoms with Crippen molar-refractivity contribution in [3.8, 4) is 0 Å². The van der Waals surface area contributed by atoms with Gasteiger partial charge in [-0.25, -0.2) is 0 Å². The van der Waals surface area contributed by atoms with Crippen LogP contribution < -0.4 is 10.8 Å². The van der Waals surface area contributed by atoms with Gasteiger partial charge in [0.2, 0.25) is 0 Å². The number of allylic oxidation sites excluding steroid dienone is 1. The summed E-state index contributed by atoms with van der Waals surface area (Å²) in [6.07, 6.45) is 2.00. The van der Waals surface area contributed by atoms with Crippen molar-refractivity contribution in [3.63, 3.8) is 0 Å². The molecule has 26 heavy (non-hydrogen) atoms. The molecule has 3 heteroatoms. The molecule has 1 aromatic rings. The van der Waals surface area contributed by atoms with Crippen LogP contribution in [0.3, 0.4) is 0 Å². The van der Waals surface area contributed by atoms with Gasteiger partial charge >= 0.3 is 0 Å². The molecule has 0 aromatic heterocycles. The van der Waals surface area contributed by atoms with Crippen molar-refractivity contribution in [1.82, 2.24) is 5.32 Å². The first-order valence-corrected chi connectivity index (χ1v) is 9.73. The summed E-state index contributed by atoms with van der Waals surface area (Å²) in [6.45, 7) is 22.6. The summed E-state index contributed by atoms with van der Waals surface area (Å²) in [5.41, 5.74) is 2.25. The molecule has 0 spiro atoms. The lowest BCUT2D eigenvalue weighted by molar-refractivity contribution is 0.0208. The fraction of sp³-hybridized carbons (Fsp3) is 0.652. The Morgan fingerprint density at radius 1 is 1.08 bits per heavy atom. The summed E-state index contributed by atoms with van der Waals surface area (Å²) in [6, 6.07) is 7.97. The van der Waals surface area contributed by atoms with Crippen molar-refractivity contribution >= 4 is 13.3 Å². The molecule has 0 aliphatic rings. The third-order valence-electron chi connectivity index (χ3n) is 5.30. The molecule has 1 aromatic carbocycles. The quantitative estimate of drug-likeness (QED) is 0.383. The molecular formula is C23H38BNO. The molecule has 144 valence electrons. The third-order valence-corrected chi connectivity index (χ3v) is 5.30. The second-order valence-electron chi connectivity index (χ2n) is 9.82. The van der Waals surface area contributed by atoms with E-state index in [1.165, 1.54) is 0 Å². The van der Waals surface area contributed by atoms with Gasteiger partial charge in [0.05, 0.1) is 12.4 Å². The molecule has 0 aliphatic carbocycles. The zero-order valence-electron chi connectivity index (χ0n) is 18.0. The number of hydrogen-bond acceptors (Lipinski definition) is 2. The fourth-order valence-electron chi connectivity index (χ4n) is 3.31. The number of rotatable bonds is 9. The molecule has 2 nitrogen and oxygen atoms in total. The Morgan fingerprint density at radius 3 is 2.23 bits per heavy atom. The second kappa shape index (κ2) is 9.13. The van der Waals surface area contributed by atoms with E-state index in [4.69, 9.17) is 12.6 Å². The highest BCUT2D eigenvalue weighted by atomic mass is 16.5. The maximum atomic E-state index is 6.10. The average molecular weight is 355 g/mol. The zero-order valence-corrected chi connectivity index (χ0v) is 18.0. The molecule has 1 rings (SSSR count). The van der Waals surface area contributed by atoms with E-state index >= 15 is 0 Å². The molecule has 0 aliphatic heterocycles. The van der Waals surface area contributed by atoms with E-state index in [1.54, 1.807) is 0 Å². The van der Waals surface area contributed by atoms with Crippen LogP contribution in [-0.4, -0.2) is 21.0 Å². The van der Waals surface area contributed by atoms with E-state index in [1.807, 2.05) is 18.2 Å². The Morgan fingerprint density at radius 2 is 1.69 bits per heavy atom. The van der Waals surface area contributed by atoms with Crippen LogP contribution in [0, 0.1) is 16.2 Å². The number of benzene rings is 1. The molecule has 1 atom stereocenters.